The summed E-state index contributed by atoms with van der Waals surface area (Å²) < 4.78 is 5.27. The monoisotopic (exact) mass is 274 g/mol. The van der Waals surface area contributed by atoms with E-state index in [-0.39, 0.29) is 24.1 Å². The Labute approximate surface area is 118 Å². The molecule has 0 unspecified atom stereocenters. The summed E-state index contributed by atoms with van der Waals surface area (Å²) in [5.74, 6) is -0.129. The number of ether oxygens (including phenoxy) is 1. The van der Waals surface area contributed by atoms with Crippen LogP contribution in [0.25, 0.3) is 0 Å². The molecule has 5 heteroatoms. The summed E-state index contributed by atoms with van der Waals surface area (Å²) in [6.07, 6.45) is 1.35. The number of anilines is 1. The van der Waals surface area contributed by atoms with E-state index in [0.29, 0.717) is 18.7 Å². The molecule has 0 radical (unpaired) electrons. The van der Waals surface area contributed by atoms with Crippen molar-refractivity contribution in [3.8, 4) is 0 Å². The fourth-order valence-electron chi connectivity index (χ4n) is 3.04. The van der Waals surface area contributed by atoms with Crippen molar-refractivity contribution in [1.82, 2.24) is 4.90 Å². The lowest BCUT2D eigenvalue weighted by atomic mass is 10.1. The van der Waals surface area contributed by atoms with Gasteiger partial charge >= 0.3 is 6.03 Å². The van der Waals surface area contributed by atoms with Gasteiger partial charge in [-0.3, -0.25) is 4.79 Å². The van der Waals surface area contributed by atoms with E-state index in [4.69, 9.17) is 4.74 Å². The normalized spacial score (nSPS) is 25.5. The van der Waals surface area contributed by atoms with Gasteiger partial charge in [0.2, 0.25) is 0 Å². The first-order valence-electron chi connectivity index (χ1n) is 6.92. The maximum atomic E-state index is 12.5. The molecule has 2 aliphatic rings. The highest BCUT2D eigenvalue weighted by Gasteiger charge is 2.51. The van der Waals surface area contributed by atoms with Gasteiger partial charge in [-0.05, 0) is 18.1 Å². The molecule has 106 valence electrons. The first-order valence-corrected chi connectivity index (χ1v) is 6.92. The number of hydrogen-bond acceptors (Lipinski definition) is 3. The second kappa shape index (κ2) is 4.90. The highest BCUT2D eigenvalue weighted by molar-refractivity contribution is 6.22. The minimum Gasteiger partial charge on any atom is -0.380 e. The molecule has 3 rings (SSSR count). The van der Waals surface area contributed by atoms with Gasteiger partial charge in [0.1, 0.15) is 6.04 Å². The van der Waals surface area contributed by atoms with E-state index in [2.05, 4.69) is 0 Å². The Morgan fingerprint density at radius 2 is 2.05 bits per heavy atom. The molecule has 2 fully saturated rings. The molecular weight excluding hydrogens is 256 g/mol. The second-order valence-electron chi connectivity index (χ2n) is 5.20. The smallest absolute Gasteiger partial charge is 0.332 e. The van der Waals surface area contributed by atoms with E-state index in [1.54, 1.807) is 12.0 Å². The number of hydrogen-bond donors (Lipinski definition) is 0. The van der Waals surface area contributed by atoms with Gasteiger partial charge in [-0.25, -0.2) is 9.69 Å². The number of carbonyl (C=O) groups excluding carboxylic acids is 2. The van der Waals surface area contributed by atoms with Crippen molar-refractivity contribution in [3.63, 3.8) is 0 Å². The van der Waals surface area contributed by atoms with Crippen LogP contribution >= 0.6 is 0 Å². The summed E-state index contributed by atoms with van der Waals surface area (Å²) in [7, 11) is 1.62. The number of amides is 3. The summed E-state index contributed by atoms with van der Waals surface area (Å²) in [6.45, 7) is 2.52. The quantitative estimate of drug-likeness (QED) is 0.790. The van der Waals surface area contributed by atoms with Gasteiger partial charge in [-0.15, -0.1) is 0 Å². The number of fused-ring (bicyclic) bond motifs is 1. The Morgan fingerprint density at radius 1 is 1.30 bits per heavy atom. The van der Waals surface area contributed by atoms with Crippen molar-refractivity contribution >= 4 is 17.6 Å². The van der Waals surface area contributed by atoms with Crippen LogP contribution in [0, 0.1) is 0 Å². The minimum absolute atomic E-state index is 0.0310. The lowest BCUT2D eigenvalue weighted by molar-refractivity contribution is -0.119. The second-order valence-corrected chi connectivity index (χ2v) is 5.20. The zero-order chi connectivity index (χ0) is 14.3. The van der Waals surface area contributed by atoms with Gasteiger partial charge in [-0.2, -0.15) is 0 Å². The zero-order valence-corrected chi connectivity index (χ0v) is 11.7. The van der Waals surface area contributed by atoms with Gasteiger partial charge in [0.25, 0.3) is 5.91 Å². The van der Waals surface area contributed by atoms with Crippen LogP contribution in [0.15, 0.2) is 24.3 Å². The largest absolute Gasteiger partial charge is 0.380 e. The predicted molar refractivity (Wildman–Crippen MR) is 74.6 cm³/mol. The van der Waals surface area contributed by atoms with Crippen molar-refractivity contribution in [2.45, 2.75) is 31.9 Å². The van der Waals surface area contributed by atoms with Crippen molar-refractivity contribution in [2.24, 2.45) is 0 Å². The molecule has 2 heterocycles. The topological polar surface area (TPSA) is 49.9 Å². The lowest BCUT2D eigenvalue weighted by Crippen LogP contribution is -2.35. The van der Waals surface area contributed by atoms with Crippen LogP contribution < -0.4 is 4.90 Å². The number of rotatable bonds is 3. The molecule has 0 aromatic heterocycles. The lowest BCUT2D eigenvalue weighted by Gasteiger charge is -2.19. The molecule has 0 bridgehead atoms. The fraction of sp³-hybridized carbons (Fsp3) is 0.467. The summed E-state index contributed by atoms with van der Waals surface area (Å²) in [4.78, 5) is 28.0. The number of benzene rings is 1. The summed E-state index contributed by atoms with van der Waals surface area (Å²) >= 11 is 0. The third-order valence-electron chi connectivity index (χ3n) is 4.15. The molecule has 0 aliphatic carbocycles. The van der Waals surface area contributed by atoms with Crippen LogP contribution in [0.1, 0.15) is 18.9 Å². The Bertz CT molecular complexity index is 534. The average molecular weight is 274 g/mol. The third kappa shape index (κ3) is 1.81. The molecule has 2 aliphatic heterocycles. The number of carbonyl (C=O) groups is 2. The molecule has 1 aromatic rings. The van der Waals surface area contributed by atoms with Crippen LogP contribution in [-0.2, 0) is 16.0 Å². The van der Waals surface area contributed by atoms with Crippen molar-refractivity contribution < 1.29 is 14.3 Å². The number of methoxy groups -OCH3 is 1. The van der Waals surface area contributed by atoms with Crippen LogP contribution in [0.3, 0.4) is 0 Å². The van der Waals surface area contributed by atoms with Crippen molar-refractivity contribution in [1.29, 1.82) is 0 Å². The molecular formula is C15H18N2O3. The standard InChI is InChI=1S/C15H18N2O3/c1-3-10-6-4-5-7-12(10)17-14(18)13-8-11(20-2)9-16(13)15(17)19/h4-7,11,13H,3,8-9H2,1-2H3/t11-,13-/m0/s1. The maximum Gasteiger partial charge on any atom is 0.332 e. The van der Waals surface area contributed by atoms with E-state index >= 15 is 0 Å². The summed E-state index contributed by atoms with van der Waals surface area (Å²) in [6, 6.07) is 6.99. The Balaban J connectivity index is 1.94. The Kier molecular flexibility index (Phi) is 3.22. The summed E-state index contributed by atoms with van der Waals surface area (Å²) in [5.41, 5.74) is 1.73. The first-order chi connectivity index (χ1) is 9.67. The Morgan fingerprint density at radius 3 is 2.70 bits per heavy atom. The number of nitrogens with zero attached hydrogens (tertiary/aromatic N) is 2. The van der Waals surface area contributed by atoms with E-state index in [0.717, 1.165) is 12.0 Å². The van der Waals surface area contributed by atoms with E-state index < -0.39 is 0 Å². The molecule has 3 amide bonds. The number of aryl methyl sites for hydroxylation is 1. The number of para-hydroxylation sites is 1. The Hall–Kier alpha value is -1.88. The minimum atomic E-state index is -0.364. The van der Waals surface area contributed by atoms with Crippen LogP contribution in [0.4, 0.5) is 10.5 Å². The van der Waals surface area contributed by atoms with Crippen molar-refractivity contribution in [2.75, 3.05) is 18.6 Å². The van der Waals surface area contributed by atoms with Gasteiger partial charge < -0.3 is 9.64 Å². The SMILES string of the molecule is CCc1ccccc1N1C(=O)[C@@H]2C[C@H](OC)CN2C1=O. The molecule has 0 N–H and O–H groups in total. The average Bonchev–Trinajstić information content (AvgIpc) is 3.00. The fourth-order valence-corrected chi connectivity index (χ4v) is 3.04. The molecule has 0 saturated carbocycles. The van der Waals surface area contributed by atoms with E-state index in [1.807, 2.05) is 31.2 Å². The summed E-state index contributed by atoms with van der Waals surface area (Å²) in [5, 5.41) is 0. The predicted octanol–water partition coefficient (Wildman–Crippen LogP) is 1.80. The van der Waals surface area contributed by atoms with Gasteiger partial charge in [0, 0.05) is 20.1 Å². The van der Waals surface area contributed by atoms with Crippen LogP contribution in [-0.4, -0.2) is 42.6 Å². The van der Waals surface area contributed by atoms with Gasteiger partial charge in [0.05, 0.1) is 11.8 Å². The third-order valence-corrected chi connectivity index (χ3v) is 4.15. The van der Waals surface area contributed by atoms with Crippen LogP contribution in [0.5, 0.6) is 0 Å². The van der Waals surface area contributed by atoms with E-state index in [9.17, 15) is 9.59 Å². The maximum absolute atomic E-state index is 12.5. The molecule has 1 aromatic carbocycles. The first kappa shape index (κ1) is 13.1. The zero-order valence-electron chi connectivity index (χ0n) is 11.7. The van der Waals surface area contributed by atoms with Gasteiger partial charge in [0.15, 0.2) is 0 Å². The molecule has 5 nitrogen and oxygen atoms in total. The number of urea groups is 1. The molecule has 0 spiro atoms. The highest BCUT2D eigenvalue weighted by Crippen LogP contribution is 2.33. The molecule has 2 saturated heterocycles. The highest BCUT2D eigenvalue weighted by atomic mass is 16.5. The van der Waals surface area contributed by atoms with E-state index in [1.165, 1.54) is 4.90 Å². The molecule has 2 atom stereocenters. The molecule has 20 heavy (non-hydrogen) atoms. The van der Waals surface area contributed by atoms with Crippen molar-refractivity contribution in [3.05, 3.63) is 29.8 Å². The van der Waals surface area contributed by atoms with Gasteiger partial charge in [-0.1, -0.05) is 25.1 Å². The number of imide groups is 1. The van der Waals surface area contributed by atoms with Crippen LogP contribution in [0.2, 0.25) is 0 Å².